The minimum absolute atomic E-state index is 0.0501. The van der Waals surface area contributed by atoms with Gasteiger partial charge in [-0.3, -0.25) is 10.1 Å². The van der Waals surface area contributed by atoms with E-state index in [1.165, 1.54) is 6.92 Å². The first-order valence-electron chi connectivity index (χ1n) is 6.30. The van der Waals surface area contributed by atoms with Crippen molar-refractivity contribution in [1.29, 1.82) is 5.26 Å². The molecule has 2 N–H and O–H groups in total. The number of alkyl carbamates (subject to hydrolysis) is 1. The van der Waals surface area contributed by atoms with Crippen LogP contribution in [0.4, 0.5) is 23.7 Å². The van der Waals surface area contributed by atoms with Crippen LogP contribution in [0.2, 0.25) is 0 Å². The fourth-order valence-corrected chi connectivity index (χ4v) is 1.39. The number of anilines is 1. The molecule has 0 saturated carbocycles. The number of nitrogens with zero attached hydrogens (tertiary/aromatic N) is 1. The molecule has 6 nitrogen and oxygen atoms in total. The van der Waals surface area contributed by atoms with Crippen LogP contribution in [-0.2, 0) is 15.7 Å². The van der Waals surface area contributed by atoms with Crippen LogP contribution in [0.25, 0.3) is 0 Å². The van der Waals surface area contributed by atoms with Gasteiger partial charge in [0.25, 0.3) is 5.91 Å². The Balaban J connectivity index is 2.75. The zero-order valence-electron chi connectivity index (χ0n) is 11.9. The average Bonchev–Trinajstić information content (AvgIpc) is 2.47. The summed E-state index contributed by atoms with van der Waals surface area (Å²) in [4.78, 5) is 22.6. The summed E-state index contributed by atoms with van der Waals surface area (Å²) in [7, 11) is 0. The lowest BCUT2D eigenvalue weighted by Crippen LogP contribution is -2.32. The Morgan fingerprint density at radius 1 is 1.30 bits per heavy atom. The molecule has 0 atom stereocenters. The lowest BCUT2D eigenvalue weighted by molar-refractivity contribution is -0.137. The van der Waals surface area contributed by atoms with Crippen molar-refractivity contribution in [1.82, 2.24) is 5.32 Å². The van der Waals surface area contributed by atoms with E-state index in [0.717, 1.165) is 30.5 Å². The second-order valence-corrected chi connectivity index (χ2v) is 4.06. The fraction of sp³-hybridized carbons (Fsp3) is 0.214. The van der Waals surface area contributed by atoms with Gasteiger partial charge in [-0.05, 0) is 31.2 Å². The molecule has 0 aliphatic rings. The largest absolute Gasteiger partial charge is 0.450 e. The van der Waals surface area contributed by atoms with Gasteiger partial charge in [0.05, 0.1) is 12.2 Å². The molecule has 0 heterocycles. The first kappa shape index (κ1) is 18.0. The maximum Gasteiger partial charge on any atom is 0.416 e. The monoisotopic (exact) mass is 327 g/mol. The second-order valence-electron chi connectivity index (χ2n) is 4.06. The number of hydrogen-bond donors (Lipinski definition) is 2. The first-order chi connectivity index (χ1) is 10.8. The van der Waals surface area contributed by atoms with Crippen LogP contribution in [-0.4, -0.2) is 18.6 Å². The van der Waals surface area contributed by atoms with Crippen LogP contribution in [0.5, 0.6) is 0 Å². The number of imide groups is 1. The summed E-state index contributed by atoms with van der Waals surface area (Å²) in [6.07, 6.45) is -4.49. The van der Waals surface area contributed by atoms with Crippen molar-refractivity contribution in [3.8, 4) is 6.07 Å². The number of nitrogens with one attached hydrogen (secondary N) is 2. The van der Waals surface area contributed by atoms with E-state index in [1.807, 2.05) is 5.32 Å². The van der Waals surface area contributed by atoms with Crippen molar-refractivity contribution < 1.29 is 27.5 Å². The number of amides is 2. The molecule has 0 saturated heterocycles. The van der Waals surface area contributed by atoms with E-state index >= 15 is 0 Å². The fourth-order valence-electron chi connectivity index (χ4n) is 1.39. The quantitative estimate of drug-likeness (QED) is 0.655. The van der Waals surface area contributed by atoms with Crippen LogP contribution in [0.1, 0.15) is 12.5 Å². The van der Waals surface area contributed by atoms with E-state index in [0.29, 0.717) is 0 Å². The Kier molecular flexibility index (Phi) is 6.14. The standard InChI is InChI=1S/C14H12F3N3O3/c1-2-23-13(22)20-12(21)9(7-18)8-19-11-5-3-10(4-6-11)14(15,16)17/h3-6,8,19H,2H2,1H3,(H,20,21,22)/b9-8-. The molecule has 9 heteroatoms. The molecule has 122 valence electrons. The van der Waals surface area contributed by atoms with Gasteiger partial charge in [-0.25, -0.2) is 4.79 Å². The van der Waals surface area contributed by atoms with Gasteiger partial charge in [0.1, 0.15) is 11.6 Å². The van der Waals surface area contributed by atoms with Gasteiger partial charge >= 0.3 is 12.3 Å². The van der Waals surface area contributed by atoms with Crippen molar-refractivity contribution in [3.05, 3.63) is 41.6 Å². The number of halogens is 3. The first-order valence-corrected chi connectivity index (χ1v) is 6.30. The number of benzene rings is 1. The molecule has 2 amide bonds. The van der Waals surface area contributed by atoms with Crippen molar-refractivity contribution in [2.24, 2.45) is 0 Å². The van der Waals surface area contributed by atoms with E-state index in [-0.39, 0.29) is 12.3 Å². The number of carbonyl (C=O) groups excluding carboxylic acids is 2. The Morgan fingerprint density at radius 3 is 2.39 bits per heavy atom. The normalized spacial score (nSPS) is 11.3. The topological polar surface area (TPSA) is 91.2 Å². The number of rotatable bonds is 4. The summed E-state index contributed by atoms with van der Waals surface area (Å²) >= 11 is 0. The third-order valence-electron chi connectivity index (χ3n) is 2.45. The van der Waals surface area contributed by atoms with Crippen molar-refractivity contribution in [2.75, 3.05) is 11.9 Å². The Morgan fingerprint density at radius 2 is 1.91 bits per heavy atom. The summed E-state index contributed by atoms with van der Waals surface area (Å²) in [5, 5.41) is 13.2. The molecule has 23 heavy (non-hydrogen) atoms. The molecule has 0 unspecified atom stereocenters. The summed E-state index contributed by atoms with van der Waals surface area (Å²) in [6, 6.07) is 5.52. The highest BCUT2D eigenvalue weighted by atomic mass is 19.4. The highest BCUT2D eigenvalue weighted by molar-refractivity contribution is 6.05. The molecule has 0 aliphatic heterocycles. The third kappa shape index (κ3) is 5.70. The zero-order chi connectivity index (χ0) is 17.5. The SMILES string of the molecule is CCOC(=O)NC(=O)/C(C#N)=C\Nc1ccc(C(F)(F)F)cc1. The van der Waals surface area contributed by atoms with Gasteiger partial charge in [-0.2, -0.15) is 18.4 Å². The predicted molar refractivity (Wildman–Crippen MR) is 73.9 cm³/mol. The minimum Gasteiger partial charge on any atom is -0.450 e. The molecule has 0 fully saturated rings. The zero-order valence-corrected chi connectivity index (χ0v) is 11.9. The van der Waals surface area contributed by atoms with Gasteiger partial charge in [0.15, 0.2) is 0 Å². The maximum absolute atomic E-state index is 12.4. The van der Waals surface area contributed by atoms with Crippen LogP contribution in [0, 0.1) is 11.3 Å². The Labute approximate surface area is 129 Å². The molecule has 0 radical (unpaired) electrons. The van der Waals surface area contributed by atoms with E-state index < -0.39 is 29.3 Å². The molecular weight excluding hydrogens is 315 g/mol. The van der Waals surface area contributed by atoms with Gasteiger partial charge < -0.3 is 10.1 Å². The van der Waals surface area contributed by atoms with Gasteiger partial charge in [0.2, 0.25) is 0 Å². The van der Waals surface area contributed by atoms with Gasteiger partial charge in [-0.1, -0.05) is 0 Å². The van der Waals surface area contributed by atoms with Crippen molar-refractivity contribution >= 4 is 17.7 Å². The highest BCUT2D eigenvalue weighted by Crippen LogP contribution is 2.29. The van der Waals surface area contributed by atoms with E-state index in [9.17, 15) is 22.8 Å². The van der Waals surface area contributed by atoms with Crippen LogP contribution in [0.15, 0.2) is 36.0 Å². The van der Waals surface area contributed by atoms with Crippen molar-refractivity contribution in [3.63, 3.8) is 0 Å². The minimum atomic E-state index is -4.45. The van der Waals surface area contributed by atoms with Crippen LogP contribution < -0.4 is 10.6 Å². The van der Waals surface area contributed by atoms with Gasteiger partial charge in [-0.15, -0.1) is 0 Å². The number of carbonyl (C=O) groups is 2. The molecule has 1 rings (SSSR count). The summed E-state index contributed by atoms with van der Waals surface area (Å²) in [6.45, 7) is 1.59. The number of hydrogen-bond acceptors (Lipinski definition) is 5. The molecule has 0 bridgehead atoms. The van der Waals surface area contributed by atoms with Crippen LogP contribution >= 0.6 is 0 Å². The maximum atomic E-state index is 12.4. The molecule has 0 spiro atoms. The summed E-state index contributed by atoms with van der Waals surface area (Å²) < 4.78 is 41.7. The second kappa shape index (κ2) is 7.84. The van der Waals surface area contributed by atoms with Crippen LogP contribution in [0.3, 0.4) is 0 Å². The molecule has 0 aromatic heterocycles. The smallest absolute Gasteiger partial charge is 0.416 e. The number of ether oxygens (including phenoxy) is 1. The highest BCUT2D eigenvalue weighted by Gasteiger charge is 2.29. The molecule has 0 aliphatic carbocycles. The predicted octanol–water partition coefficient (Wildman–Crippen LogP) is 2.80. The van der Waals surface area contributed by atoms with Crippen molar-refractivity contribution in [2.45, 2.75) is 13.1 Å². The lowest BCUT2D eigenvalue weighted by Gasteiger charge is -2.08. The molecule has 1 aromatic carbocycles. The molecular formula is C14H12F3N3O3. The van der Waals surface area contributed by atoms with E-state index in [1.54, 1.807) is 6.07 Å². The van der Waals surface area contributed by atoms with E-state index in [2.05, 4.69) is 10.1 Å². The summed E-state index contributed by atoms with van der Waals surface area (Å²) in [5.74, 6) is -0.995. The third-order valence-corrected chi connectivity index (χ3v) is 2.45. The number of alkyl halides is 3. The van der Waals surface area contributed by atoms with Gasteiger partial charge in [0, 0.05) is 11.9 Å². The van der Waals surface area contributed by atoms with E-state index in [4.69, 9.17) is 5.26 Å². The Bertz CT molecular complexity index is 646. The summed E-state index contributed by atoms with van der Waals surface area (Å²) in [5.41, 5.74) is -1.04. The lowest BCUT2D eigenvalue weighted by atomic mass is 10.2. The molecule has 1 aromatic rings. The number of nitriles is 1. The Hall–Kier alpha value is -3.02. The average molecular weight is 327 g/mol.